The number of anilines is 2. The lowest BCUT2D eigenvalue weighted by Crippen LogP contribution is -2.49. The van der Waals surface area contributed by atoms with Gasteiger partial charge < -0.3 is 26.2 Å². The molecule has 2 aromatic rings. The molecule has 0 spiro atoms. The van der Waals surface area contributed by atoms with Gasteiger partial charge in [0.25, 0.3) is 0 Å². The van der Waals surface area contributed by atoms with E-state index in [4.69, 9.17) is 5.73 Å². The molecule has 1 saturated heterocycles. The molecule has 164 valence electrons. The quantitative estimate of drug-likeness (QED) is 0.533. The van der Waals surface area contributed by atoms with Gasteiger partial charge in [0.1, 0.15) is 5.82 Å². The fraction of sp³-hybridized carbons (Fsp3) is 0.333. The molecule has 1 aromatic heterocycles. The molecule has 1 aromatic carbocycles. The fourth-order valence-electron chi connectivity index (χ4n) is 3.18. The predicted molar refractivity (Wildman–Crippen MR) is 121 cm³/mol. The fourth-order valence-corrected chi connectivity index (χ4v) is 3.93. The number of carbonyl (C=O) groups excluding carboxylic acids is 3. The van der Waals surface area contributed by atoms with Crippen LogP contribution in [0.4, 0.5) is 16.3 Å². The molecule has 4 amide bonds. The summed E-state index contributed by atoms with van der Waals surface area (Å²) in [4.78, 5) is 44.7. The summed E-state index contributed by atoms with van der Waals surface area (Å²) in [6, 6.07) is 12.5. The molecule has 3 rings (SSSR count). The number of primary amides is 1. The van der Waals surface area contributed by atoms with Gasteiger partial charge in [0.2, 0.25) is 11.8 Å². The van der Waals surface area contributed by atoms with E-state index in [1.807, 2.05) is 29.2 Å². The Hall–Kier alpha value is -3.27. The zero-order valence-corrected chi connectivity index (χ0v) is 17.9. The van der Waals surface area contributed by atoms with Crippen molar-refractivity contribution in [2.24, 2.45) is 5.73 Å². The highest BCUT2D eigenvalue weighted by atomic mass is 32.2. The van der Waals surface area contributed by atoms with Crippen LogP contribution in [0.25, 0.3) is 0 Å². The summed E-state index contributed by atoms with van der Waals surface area (Å²) in [5, 5.41) is 5.46. The van der Waals surface area contributed by atoms with E-state index in [2.05, 4.69) is 20.5 Å². The Kier molecular flexibility index (Phi) is 8.11. The maximum atomic E-state index is 12.5. The van der Waals surface area contributed by atoms with Gasteiger partial charge in [0.15, 0.2) is 0 Å². The van der Waals surface area contributed by atoms with Crippen molar-refractivity contribution in [3.63, 3.8) is 0 Å². The number of nitrogens with one attached hydrogen (secondary N) is 2. The second-order valence-corrected chi connectivity index (χ2v) is 7.95. The molecular formula is C21H26N6O3S. The van der Waals surface area contributed by atoms with E-state index in [1.165, 1.54) is 11.8 Å². The molecule has 31 heavy (non-hydrogen) atoms. The van der Waals surface area contributed by atoms with Crippen molar-refractivity contribution in [3.8, 4) is 0 Å². The van der Waals surface area contributed by atoms with E-state index in [-0.39, 0.29) is 24.6 Å². The lowest BCUT2D eigenvalue weighted by molar-refractivity contribution is -0.131. The number of hydrogen-bond acceptors (Lipinski definition) is 6. The van der Waals surface area contributed by atoms with Gasteiger partial charge >= 0.3 is 6.03 Å². The van der Waals surface area contributed by atoms with Crippen LogP contribution >= 0.6 is 11.8 Å². The summed E-state index contributed by atoms with van der Waals surface area (Å²) in [6.07, 6.45) is 1.99. The molecule has 2 heterocycles. The number of piperazine rings is 1. The lowest BCUT2D eigenvalue weighted by atomic mass is 10.2. The maximum Gasteiger partial charge on any atom is 0.319 e. The van der Waals surface area contributed by atoms with E-state index in [0.29, 0.717) is 18.8 Å². The van der Waals surface area contributed by atoms with Gasteiger partial charge in [-0.2, -0.15) is 0 Å². The second-order valence-electron chi connectivity index (χ2n) is 6.94. The molecule has 4 N–H and O–H groups in total. The highest BCUT2D eigenvalue weighted by molar-refractivity contribution is 8.00. The van der Waals surface area contributed by atoms with E-state index >= 15 is 0 Å². The summed E-state index contributed by atoms with van der Waals surface area (Å²) in [6.45, 7) is 2.96. The number of urea groups is 1. The van der Waals surface area contributed by atoms with Crippen molar-refractivity contribution in [1.29, 1.82) is 0 Å². The largest absolute Gasteiger partial charge is 0.369 e. The number of hydrogen-bond donors (Lipinski definition) is 3. The Morgan fingerprint density at radius 3 is 2.48 bits per heavy atom. The number of amides is 4. The van der Waals surface area contributed by atoms with E-state index in [0.717, 1.165) is 23.8 Å². The van der Waals surface area contributed by atoms with Crippen LogP contribution in [0.15, 0.2) is 53.6 Å². The Morgan fingerprint density at radius 1 is 1.03 bits per heavy atom. The number of aromatic nitrogens is 1. The van der Waals surface area contributed by atoms with Crippen LogP contribution in [0.5, 0.6) is 0 Å². The van der Waals surface area contributed by atoms with E-state index in [9.17, 15) is 14.4 Å². The van der Waals surface area contributed by atoms with Crippen molar-refractivity contribution < 1.29 is 14.4 Å². The zero-order valence-electron chi connectivity index (χ0n) is 17.1. The summed E-state index contributed by atoms with van der Waals surface area (Å²) >= 11 is 1.26. The monoisotopic (exact) mass is 442 g/mol. The van der Waals surface area contributed by atoms with Crippen LogP contribution in [0.2, 0.25) is 0 Å². The lowest BCUT2D eigenvalue weighted by Gasteiger charge is -2.35. The Balaban J connectivity index is 1.39. The number of para-hydroxylation sites is 1. The smallest absolute Gasteiger partial charge is 0.319 e. The first-order valence-electron chi connectivity index (χ1n) is 10.0. The van der Waals surface area contributed by atoms with E-state index in [1.54, 1.807) is 24.4 Å². The summed E-state index contributed by atoms with van der Waals surface area (Å²) < 4.78 is 0. The third-order valence-electron chi connectivity index (χ3n) is 4.74. The molecule has 0 bridgehead atoms. The molecule has 0 atom stereocenters. The first-order valence-corrected chi connectivity index (χ1v) is 11.0. The highest BCUT2D eigenvalue weighted by Crippen LogP contribution is 2.26. The van der Waals surface area contributed by atoms with Gasteiger partial charge in [0.05, 0.1) is 11.4 Å². The van der Waals surface area contributed by atoms with Crippen LogP contribution in [0, 0.1) is 0 Å². The minimum absolute atomic E-state index is 0.0124. The first-order chi connectivity index (χ1) is 15.0. The molecule has 1 aliphatic rings. The molecule has 0 saturated carbocycles. The number of pyridine rings is 1. The van der Waals surface area contributed by atoms with Gasteiger partial charge in [-0.1, -0.05) is 18.2 Å². The number of nitrogens with zero attached hydrogens (tertiary/aromatic N) is 3. The third-order valence-corrected chi connectivity index (χ3v) is 5.83. The number of thioether (sulfide) groups is 1. The van der Waals surface area contributed by atoms with E-state index < -0.39 is 11.9 Å². The molecule has 1 fully saturated rings. The van der Waals surface area contributed by atoms with Crippen molar-refractivity contribution >= 4 is 41.1 Å². The zero-order chi connectivity index (χ0) is 22.1. The van der Waals surface area contributed by atoms with Crippen LogP contribution < -0.4 is 21.3 Å². The Labute approximate surface area is 185 Å². The summed E-state index contributed by atoms with van der Waals surface area (Å²) in [7, 11) is 0. The maximum absolute atomic E-state index is 12.5. The normalized spacial score (nSPS) is 13.5. The molecule has 0 unspecified atom stereocenters. The SMILES string of the molecule is NC(=O)CSc1ccccc1NC(=O)NCCC(=O)N1CCN(c2ccccn2)CC1. The standard InChI is InChI=1S/C21H26N6O3S/c22-18(28)15-31-17-6-2-1-5-16(17)25-21(30)24-10-8-20(29)27-13-11-26(12-14-27)19-7-3-4-9-23-19/h1-7,9H,8,10-15H2,(H2,22,28)(H2,24,25,30). The van der Waals surface area contributed by atoms with Crippen LogP contribution in [-0.4, -0.2) is 66.2 Å². The second kappa shape index (κ2) is 11.2. The van der Waals surface area contributed by atoms with Crippen molar-refractivity contribution in [3.05, 3.63) is 48.7 Å². The third kappa shape index (κ3) is 6.88. The summed E-state index contributed by atoms with van der Waals surface area (Å²) in [5.74, 6) is 0.631. The topological polar surface area (TPSA) is 121 Å². The minimum atomic E-state index is -0.427. The Bertz CT molecular complexity index is 903. The molecule has 1 aliphatic heterocycles. The number of benzene rings is 1. The predicted octanol–water partition coefficient (Wildman–Crippen LogP) is 1.52. The molecule has 9 nitrogen and oxygen atoms in total. The van der Waals surface area contributed by atoms with Gasteiger partial charge in [-0.3, -0.25) is 9.59 Å². The Morgan fingerprint density at radius 2 is 1.77 bits per heavy atom. The van der Waals surface area contributed by atoms with Crippen molar-refractivity contribution in [1.82, 2.24) is 15.2 Å². The van der Waals surface area contributed by atoms with Crippen LogP contribution in [-0.2, 0) is 9.59 Å². The van der Waals surface area contributed by atoms with Gasteiger partial charge in [0, 0.05) is 50.2 Å². The molecule has 0 radical (unpaired) electrons. The average Bonchev–Trinajstić information content (AvgIpc) is 2.79. The van der Waals surface area contributed by atoms with Crippen molar-refractivity contribution in [2.45, 2.75) is 11.3 Å². The van der Waals surface area contributed by atoms with Gasteiger partial charge in [-0.05, 0) is 24.3 Å². The van der Waals surface area contributed by atoms with Crippen LogP contribution in [0.1, 0.15) is 6.42 Å². The summed E-state index contributed by atoms with van der Waals surface area (Å²) in [5.41, 5.74) is 5.77. The van der Waals surface area contributed by atoms with Crippen LogP contribution in [0.3, 0.4) is 0 Å². The van der Waals surface area contributed by atoms with Gasteiger partial charge in [-0.15, -0.1) is 11.8 Å². The molecule has 10 heteroatoms. The molecular weight excluding hydrogens is 416 g/mol. The number of rotatable bonds is 8. The molecule has 0 aliphatic carbocycles. The average molecular weight is 443 g/mol. The number of carbonyl (C=O) groups is 3. The van der Waals surface area contributed by atoms with Gasteiger partial charge in [-0.25, -0.2) is 9.78 Å². The minimum Gasteiger partial charge on any atom is -0.369 e. The number of nitrogens with two attached hydrogens (primary N) is 1. The van der Waals surface area contributed by atoms with Crippen molar-refractivity contribution in [2.75, 3.05) is 48.7 Å². The first kappa shape index (κ1) is 22.4. The highest BCUT2D eigenvalue weighted by Gasteiger charge is 2.21.